The van der Waals surface area contributed by atoms with E-state index in [-0.39, 0.29) is 17.9 Å². The van der Waals surface area contributed by atoms with Gasteiger partial charge in [0, 0.05) is 13.0 Å². The largest absolute Gasteiger partial charge is 0.416 e. The number of aromatic nitrogens is 2. The first-order chi connectivity index (χ1) is 7.20. The summed E-state index contributed by atoms with van der Waals surface area (Å²) in [5, 5.41) is 17.3. The molecular formula is C9H15N3O2S. The molecule has 0 amide bonds. The summed E-state index contributed by atoms with van der Waals surface area (Å²) < 4.78 is 5.24. The fourth-order valence-corrected chi connectivity index (χ4v) is 2.45. The second kappa shape index (κ2) is 4.51. The van der Waals surface area contributed by atoms with Crippen molar-refractivity contribution >= 4 is 11.8 Å². The normalized spacial score (nSPS) is 20.2. The highest BCUT2D eigenvalue weighted by Crippen LogP contribution is 2.37. The number of hydrogen-bond donors (Lipinski definition) is 2. The third-order valence-corrected chi connectivity index (χ3v) is 3.67. The predicted molar refractivity (Wildman–Crippen MR) is 56.5 cm³/mol. The molecule has 1 aromatic heterocycles. The average molecular weight is 229 g/mol. The molecular weight excluding hydrogens is 214 g/mol. The van der Waals surface area contributed by atoms with E-state index in [1.54, 1.807) is 6.92 Å². The van der Waals surface area contributed by atoms with Gasteiger partial charge in [-0.25, -0.2) is 0 Å². The molecule has 6 heteroatoms. The van der Waals surface area contributed by atoms with Crippen molar-refractivity contribution < 1.29 is 9.52 Å². The van der Waals surface area contributed by atoms with Crippen LogP contribution in [-0.2, 0) is 0 Å². The Hall–Kier alpha value is -0.590. The SMILES string of the molecule is Cc1nnc(SC(CO)C(N)C2CC2)o1. The van der Waals surface area contributed by atoms with E-state index >= 15 is 0 Å². The Kier molecular flexibility index (Phi) is 3.28. The van der Waals surface area contributed by atoms with Gasteiger partial charge in [-0.05, 0) is 18.8 Å². The van der Waals surface area contributed by atoms with E-state index in [4.69, 9.17) is 10.2 Å². The first-order valence-electron chi connectivity index (χ1n) is 5.04. The lowest BCUT2D eigenvalue weighted by atomic mass is 10.1. The summed E-state index contributed by atoms with van der Waals surface area (Å²) in [5.41, 5.74) is 6.02. The summed E-state index contributed by atoms with van der Waals surface area (Å²) in [4.78, 5) is 0. The summed E-state index contributed by atoms with van der Waals surface area (Å²) in [6.07, 6.45) is 2.34. The monoisotopic (exact) mass is 229 g/mol. The van der Waals surface area contributed by atoms with Crippen LogP contribution in [0.1, 0.15) is 18.7 Å². The Bertz CT molecular complexity index is 327. The van der Waals surface area contributed by atoms with Crippen molar-refractivity contribution in [2.45, 2.75) is 36.3 Å². The van der Waals surface area contributed by atoms with Crippen molar-refractivity contribution in [3.63, 3.8) is 0 Å². The standard InChI is InChI=1S/C9H15N3O2S/c1-5-11-12-9(14-5)15-7(4-13)8(10)6-2-3-6/h6-8,13H,2-4,10H2,1H3. The zero-order chi connectivity index (χ0) is 10.8. The quantitative estimate of drug-likeness (QED) is 0.718. The molecule has 1 aliphatic rings. The van der Waals surface area contributed by atoms with Crippen LogP contribution in [0.25, 0.3) is 0 Å². The number of nitrogens with two attached hydrogens (primary N) is 1. The summed E-state index contributed by atoms with van der Waals surface area (Å²) >= 11 is 1.37. The Morgan fingerprint density at radius 1 is 1.60 bits per heavy atom. The Morgan fingerprint density at radius 2 is 2.33 bits per heavy atom. The molecule has 0 radical (unpaired) electrons. The van der Waals surface area contributed by atoms with Gasteiger partial charge in [-0.2, -0.15) is 0 Å². The van der Waals surface area contributed by atoms with E-state index in [1.807, 2.05) is 0 Å². The summed E-state index contributed by atoms with van der Waals surface area (Å²) in [5.74, 6) is 1.09. The van der Waals surface area contributed by atoms with E-state index in [9.17, 15) is 5.11 Å². The number of nitrogens with zero attached hydrogens (tertiary/aromatic N) is 2. The molecule has 2 unspecified atom stereocenters. The van der Waals surface area contributed by atoms with E-state index in [2.05, 4.69) is 10.2 Å². The van der Waals surface area contributed by atoms with E-state index in [1.165, 1.54) is 24.6 Å². The van der Waals surface area contributed by atoms with Gasteiger partial charge in [0.2, 0.25) is 5.89 Å². The molecule has 0 aliphatic heterocycles. The Morgan fingerprint density at radius 3 is 2.80 bits per heavy atom. The second-order valence-electron chi connectivity index (χ2n) is 3.84. The van der Waals surface area contributed by atoms with Crippen molar-refractivity contribution in [1.82, 2.24) is 10.2 Å². The van der Waals surface area contributed by atoms with Gasteiger partial charge < -0.3 is 15.3 Å². The van der Waals surface area contributed by atoms with Crippen LogP contribution in [0.3, 0.4) is 0 Å². The van der Waals surface area contributed by atoms with Crippen LogP contribution in [0, 0.1) is 12.8 Å². The molecule has 0 spiro atoms. The molecule has 1 fully saturated rings. The predicted octanol–water partition coefficient (Wildman–Crippen LogP) is 0.568. The zero-order valence-electron chi connectivity index (χ0n) is 8.59. The maximum atomic E-state index is 9.25. The zero-order valence-corrected chi connectivity index (χ0v) is 9.41. The molecule has 0 aromatic carbocycles. The smallest absolute Gasteiger partial charge is 0.276 e. The van der Waals surface area contributed by atoms with Gasteiger partial charge in [-0.15, -0.1) is 10.2 Å². The molecule has 2 atom stereocenters. The molecule has 5 nitrogen and oxygen atoms in total. The number of rotatable bonds is 5. The van der Waals surface area contributed by atoms with E-state index < -0.39 is 0 Å². The van der Waals surface area contributed by atoms with Gasteiger partial charge in [0.1, 0.15) is 0 Å². The molecule has 3 N–H and O–H groups in total. The van der Waals surface area contributed by atoms with Crippen LogP contribution in [0.2, 0.25) is 0 Å². The van der Waals surface area contributed by atoms with Crippen LogP contribution in [0.4, 0.5) is 0 Å². The summed E-state index contributed by atoms with van der Waals surface area (Å²) in [7, 11) is 0. The summed E-state index contributed by atoms with van der Waals surface area (Å²) in [6, 6.07) is 0.0206. The number of aryl methyl sites for hydroxylation is 1. The maximum Gasteiger partial charge on any atom is 0.276 e. The lowest BCUT2D eigenvalue weighted by Gasteiger charge is -2.18. The minimum Gasteiger partial charge on any atom is -0.416 e. The fourth-order valence-electron chi connectivity index (χ4n) is 1.48. The maximum absolute atomic E-state index is 9.25. The van der Waals surface area contributed by atoms with Gasteiger partial charge in [-0.3, -0.25) is 0 Å². The van der Waals surface area contributed by atoms with E-state index in [0.29, 0.717) is 17.0 Å². The molecule has 1 aliphatic carbocycles. The van der Waals surface area contributed by atoms with Crippen LogP contribution < -0.4 is 5.73 Å². The Balaban J connectivity index is 1.95. The van der Waals surface area contributed by atoms with Crippen molar-refractivity contribution in [1.29, 1.82) is 0 Å². The van der Waals surface area contributed by atoms with Crippen LogP contribution in [0.15, 0.2) is 9.64 Å². The molecule has 1 saturated carbocycles. The average Bonchev–Trinajstić information content (AvgIpc) is 2.99. The van der Waals surface area contributed by atoms with Gasteiger partial charge in [-0.1, -0.05) is 11.8 Å². The third-order valence-electron chi connectivity index (χ3n) is 2.54. The van der Waals surface area contributed by atoms with Crippen LogP contribution >= 0.6 is 11.8 Å². The van der Waals surface area contributed by atoms with Gasteiger partial charge >= 0.3 is 0 Å². The fraction of sp³-hybridized carbons (Fsp3) is 0.778. The lowest BCUT2D eigenvalue weighted by Crippen LogP contribution is -2.36. The first kappa shape index (κ1) is 10.9. The molecule has 2 rings (SSSR count). The molecule has 84 valence electrons. The van der Waals surface area contributed by atoms with Crippen molar-refractivity contribution in [3.8, 4) is 0 Å². The molecule has 0 saturated heterocycles. The summed E-state index contributed by atoms with van der Waals surface area (Å²) in [6.45, 7) is 1.79. The van der Waals surface area contributed by atoms with Crippen molar-refractivity contribution in [3.05, 3.63) is 5.89 Å². The highest BCUT2D eigenvalue weighted by molar-refractivity contribution is 7.99. The minimum atomic E-state index is -0.0441. The van der Waals surface area contributed by atoms with Crippen molar-refractivity contribution in [2.75, 3.05) is 6.61 Å². The highest BCUT2D eigenvalue weighted by Gasteiger charge is 2.34. The van der Waals surface area contributed by atoms with Gasteiger partial charge in [0.25, 0.3) is 5.22 Å². The highest BCUT2D eigenvalue weighted by atomic mass is 32.2. The third kappa shape index (κ3) is 2.70. The molecule has 1 heterocycles. The topological polar surface area (TPSA) is 85.2 Å². The van der Waals surface area contributed by atoms with E-state index in [0.717, 1.165) is 0 Å². The lowest BCUT2D eigenvalue weighted by molar-refractivity contribution is 0.276. The molecule has 0 bridgehead atoms. The number of aliphatic hydroxyl groups excluding tert-OH is 1. The van der Waals surface area contributed by atoms with Crippen LogP contribution in [-0.4, -0.2) is 33.2 Å². The number of thioether (sulfide) groups is 1. The van der Waals surface area contributed by atoms with Crippen LogP contribution in [0.5, 0.6) is 0 Å². The first-order valence-corrected chi connectivity index (χ1v) is 5.92. The molecule has 1 aromatic rings. The van der Waals surface area contributed by atoms with Crippen molar-refractivity contribution in [2.24, 2.45) is 11.7 Å². The second-order valence-corrected chi connectivity index (χ2v) is 5.03. The number of aliphatic hydroxyl groups is 1. The van der Waals surface area contributed by atoms with Gasteiger partial charge in [0.15, 0.2) is 0 Å². The van der Waals surface area contributed by atoms with Gasteiger partial charge in [0.05, 0.1) is 11.9 Å². The minimum absolute atomic E-state index is 0.0206. The number of hydrogen-bond acceptors (Lipinski definition) is 6. The molecule has 15 heavy (non-hydrogen) atoms. The Labute approximate surface area is 92.4 Å².